The Morgan fingerprint density at radius 2 is 2.00 bits per heavy atom. The topological polar surface area (TPSA) is 23.6 Å². The molecule has 2 aromatic rings. The van der Waals surface area contributed by atoms with Crippen molar-refractivity contribution in [2.45, 2.75) is 42.5 Å². The maximum Gasteiger partial charge on any atom is 0.162 e. The van der Waals surface area contributed by atoms with Crippen LogP contribution in [0.5, 0.6) is 0 Å². The summed E-state index contributed by atoms with van der Waals surface area (Å²) < 4.78 is 13.1. The number of halogens is 2. The van der Waals surface area contributed by atoms with E-state index in [4.69, 9.17) is 11.6 Å². The highest BCUT2D eigenvalue weighted by molar-refractivity contribution is 7.99. The quantitative estimate of drug-likeness (QED) is 0.559. The van der Waals surface area contributed by atoms with Gasteiger partial charge in [0.2, 0.25) is 0 Å². The maximum atomic E-state index is 13.1. The number of carbonyl (C=O) groups excluding carboxylic acids is 1. The molecule has 0 saturated carbocycles. The Bertz CT molecular complexity index is 951. The van der Waals surface area contributed by atoms with Crippen LogP contribution in [0, 0.1) is 5.82 Å². The average molecular weight is 445 g/mol. The van der Waals surface area contributed by atoms with Gasteiger partial charge >= 0.3 is 0 Å². The van der Waals surface area contributed by atoms with E-state index in [1.54, 1.807) is 12.1 Å². The molecule has 0 aromatic heterocycles. The summed E-state index contributed by atoms with van der Waals surface area (Å²) in [5.41, 5.74) is 3.46. The molecule has 1 saturated heterocycles. The van der Waals surface area contributed by atoms with Crippen LogP contribution in [0.3, 0.4) is 0 Å². The lowest BCUT2D eigenvalue weighted by atomic mass is 9.89. The third-order valence-corrected chi connectivity index (χ3v) is 8.32. The molecule has 3 nitrogen and oxygen atoms in total. The molecule has 0 unspecified atom stereocenters. The first-order valence-corrected chi connectivity index (χ1v) is 12.2. The van der Waals surface area contributed by atoms with Gasteiger partial charge in [0.1, 0.15) is 5.82 Å². The number of rotatable bonds is 5. The molecule has 0 bridgehead atoms. The van der Waals surface area contributed by atoms with Crippen LogP contribution in [-0.2, 0) is 0 Å². The van der Waals surface area contributed by atoms with Crippen LogP contribution in [0.15, 0.2) is 41.3 Å². The van der Waals surface area contributed by atoms with Crippen LogP contribution in [0.25, 0.3) is 0 Å². The second-order valence-electron chi connectivity index (χ2n) is 8.51. The van der Waals surface area contributed by atoms with Gasteiger partial charge in [-0.1, -0.05) is 17.7 Å². The Balaban J connectivity index is 1.24. The van der Waals surface area contributed by atoms with E-state index in [2.05, 4.69) is 21.9 Å². The van der Waals surface area contributed by atoms with Crippen molar-refractivity contribution in [3.8, 4) is 0 Å². The zero-order valence-electron chi connectivity index (χ0n) is 16.9. The summed E-state index contributed by atoms with van der Waals surface area (Å²) in [4.78, 5) is 18.8. The van der Waals surface area contributed by atoms with E-state index in [1.165, 1.54) is 34.7 Å². The fourth-order valence-corrected chi connectivity index (χ4v) is 6.65. The Morgan fingerprint density at radius 1 is 1.17 bits per heavy atom. The monoisotopic (exact) mass is 444 g/mol. The number of nitrogens with zero attached hydrogens (tertiary/aromatic N) is 2. The van der Waals surface area contributed by atoms with E-state index in [-0.39, 0.29) is 11.6 Å². The summed E-state index contributed by atoms with van der Waals surface area (Å²) >= 11 is 8.46. The molecule has 0 amide bonds. The first-order chi connectivity index (χ1) is 14.6. The van der Waals surface area contributed by atoms with Crippen LogP contribution in [-0.4, -0.2) is 48.7 Å². The highest BCUT2D eigenvalue weighted by atomic mass is 35.5. The van der Waals surface area contributed by atoms with Crippen molar-refractivity contribution in [1.82, 2.24) is 4.90 Å². The maximum absolute atomic E-state index is 13.1. The van der Waals surface area contributed by atoms with Gasteiger partial charge in [0.05, 0.1) is 10.7 Å². The second kappa shape index (κ2) is 8.52. The van der Waals surface area contributed by atoms with Gasteiger partial charge in [-0.3, -0.25) is 4.79 Å². The molecule has 1 fully saturated rings. The lowest BCUT2D eigenvalue weighted by Crippen LogP contribution is -2.46. The standard InChI is InChI=1S/C24H26ClFN2OS/c25-20-9-8-18-19-15-27(11-1-3-22(29)16-4-6-17(26)7-5-16)13-10-21(19)28-12-2-14-30-24(20)23(18)28/h4-9,19,21H,1-3,10-15H2/t19-,21-/m1/s1. The average Bonchev–Trinajstić information content (AvgIpc) is 2.90. The third kappa shape index (κ3) is 3.76. The van der Waals surface area contributed by atoms with Gasteiger partial charge in [-0.05, 0) is 67.5 Å². The largest absolute Gasteiger partial charge is 0.367 e. The first kappa shape index (κ1) is 20.3. The minimum absolute atomic E-state index is 0.0979. The van der Waals surface area contributed by atoms with Crippen LogP contribution < -0.4 is 4.90 Å². The molecule has 3 heterocycles. The molecule has 0 N–H and O–H groups in total. The number of piperidine rings is 1. The molecule has 0 spiro atoms. The predicted octanol–water partition coefficient (Wildman–Crippen LogP) is 5.62. The first-order valence-electron chi connectivity index (χ1n) is 10.8. The molecule has 2 atom stereocenters. The Morgan fingerprint density at radius 3 is 2.83 bits per heavy atom. The predicted molar refractivity (Wildman–Crippen MR) is 122 cm³/mol. The third-order valence-electron chi connectivity index (χ3n) is 6.70. The number of hydrogen-bond donors (Lipinski definition) is 0. The Hall–Kier alpha value is -1.56. The minimum atomic E-state index is -0.303. The molecule has 3 aliphatic rings. The molecule has 2 aromatic carbocycles. The van der Waals surface area contributed by atoms with Crippen molar-refractivity contribution in [3.05, 3.63) is 58.4 Å². The van der Waals surface area contributed by atoms with E-state index >= 15 is 0 Å². The smallest absolute Gasteiger partial charge is 0.162 e. The van der Waals surface area contributed by atoms with E-state index in [1.807, 2.05) is 11.8 Å². The lowest BCUT2D eigenvalue weighted by molar-refractivity contribution is 0.0971. The molecule has 3 aliphatic heterocycles. The minimum Gasteiger partial charge on any atom is -0.367 e. The van der Waals surface area contributed by atoms with E-state index in [0.29, 0.717) is 23.9 Å². The molecular formula is C24H26ClFN2OS. The van der Waals surface area contributed by atoms with Crippen molar-refractivity contribution in [2.75, 3.05) is 36.8 Å². The van der Waals surface area contributed by atoms with Gasteiger partial charge in [0.15, 0.2) is 5.78 Å². The van der Waals surface area contributed by atoms with E-state index in [0.717, 1.165) is 49.8 Å². The SMILES string of the molecule is O=C(CCCN1CC[C@@H]2[C@H](C1)c1ccc(Cl)c3c1N2CCCS3)c1ccc(F)cc1. The highest BCUT2D eigenvalue weighted by Crippen LogP contribution is 2.52. The van der Waals surface area contributed by atoms with Gasteiger partial charge in [-0.2, -0.15) is 0 Å². The van der Waals surface area contributed by atoms with Gasteiger partial charge in [-0.15, -0.1) is 11.8 Å². The second-order valence-corrected chi connectivity index (χ2v) is 10.0. The molecule has 6 heteroatoms. The van der Waals surface area contributed by atoms with Crippen molar-refractivity contribution < 1.29 is 9.18 Å². The number of anilines is 1. The number of Topliss-reactive ketones (excluding diaryl/α,β-unsaturated/α-hetero) is 1. The molecule has 158 valence electrons. The van der Waals surface area contributed by atoms with E-state index < -0.39 is 0 Å². The number of thioether (sulfide) groups is 1. The molecular weight excluding hydrogens is 419 g/mol. The lowest BCUT2D eigenvalue weighted by Gasteiger charge is -2.39. The summed E-state index contributed by atoms with van der Waals surface area (Å²) in [6, 6.07) is 10.8. The van der Waals surface area contributed by atoms with Crippen molar-refractivity contribution in [3.63, 3.8) is 0 Å². The van der Waals surface area contributed by atoms with Crippen molar-refractivity contribution >= 4 is 34.8 Å². The van der Waals surface area contributed by atoms with Gasteiger partial charge in [-0.25, -0.2) is 4.39 Å². The van der Waals surface area contributed by atoms with Crippen molar-refractivity contribution in [1.29, 1.82) is 0 Å². The Labute approximate surface area is 186 Å². The van der Waals surface area contributed by atoms with Crippen molar-refractivity contribution in [2.24, 2.45) is 0 Å². The number of fused-ring (bicyclic) bond motifs is 3. The Kier molecular flexibility index (Phi) is 5.78. The van der Waals surface area contributed by atoms with Crippen LogP contribution in [0.4, 0.5) is 10.1 Å². The summed E-state index contributed by atoms with van der Waals surface area (Å²) in [6.45, 7) is 4.18. The highest BCUT2D eigenvalue weighted by Gasteiger charge is 2.43. The number of hydrogen-bond acceptors (Lipinski definition) is 4. The summed E-state index contributed by atoms with van der Waals surface area (Å²) in [6.07, 6.45) is 3.71. The number of carbonyl (C=O) groups is 1. The van der Waals surface area contributed by atoms with Gasteiger partial charge < -0.3 is 9.80 Å². The fraction of sp³-hybridized carbons (Fsp3) is 0.458. The number of likely N-dealkylation sites (tertiary alicyclic amines) is 1. The van der Waals surface area contributed by atoms with E-state index in [9.17, 15) is 9.18 Å². The van der Waals surface area contributed by atoms with Gasteiger partial charge in [0, 0.05) is 48.5 Å². The molecule has 5 rings (SSSR count). The molecule has 30 heavy (non-hydrogen) atoms. The van der Waals surface area contributed by atoms with Crippen LogP contribution >= 0.6 is 23.4 Å². The summed E-state index contributed by atoms with van der Waals surface area (Å²) in [7, 11) is 0. The number of benzene rings is 2. The number of ketones is 1. The summed E-state index contributed by atoms with van der Waals surface area (Å²) in [5, 5.41) is 0.889. The van der Waals surface area contributed by atoms with Gasteiger partial charge in [0.25, 0.3) is 0 Å². The fourth-order valence-electron chi connectivity index (χ4n) is 5.28. The zero-order chi connectivity index (χ0) is 20.7. The summed E-state index contributed by atoms with van der Waals surface area (Å²) in [5.74, 6) is 1.46. The normalized spacial score (nSPS) is 23.1. The zero-order valence-corrected chi connectivity index (χ0v) is 18.5. The molecule has 0 aliphatic carbocycles. The van der Waals surface area contributed by atoms with Crippen LogP contribution in [0.1, 0.15) is 47.5 Å². The molecule has 0 radical (unpaired) electrons. The van der Waals surface area contributed by atoms with Crippen LogP contribution in [0.2, 0.25) is 5.02 Å².